The summed E-state index contributed by atoms with van der Waals surface area (Å²) in [6, 6.07) is 1.94. The normalized spacial score (nSPS) is 24.2. The van der Waals surface area contributed by atoms with E-state index in [2.05, 4.69) is 29.2 Å². The summed E-state index contributed by atoms with van der Waals surface area (Å²) in [6.07, 6.45) is 2.38. The van der Waals surface area contributed by atoms with Crippen molar-refractivity contribution in [2.24, 2.45) is 5.92 Å². The Morgan fingerprint density at radius 3 is 2.89 bits per heavy atom. The molecule has 0 bridgehead atoms. The third-order valence-corrected chi connectivity index (χ3v) is 3.71. The highest BCUT2D eigenvalue weighted by Crippen LogP contribution is 2.23. The Bertz CT molecular complexity index is 478. The van der Waals surface area contributed by atoms with Gasteiger partial charge in [0.25, 0.3) is 5.69 Å². The van der Waals surface area contributed by atoms with Gasteiger partial charge in [-0.3, -0.25) is 10.1 Å². The van der Waals surface area contributed by atoms with E-state index in [1.807, 2.05) is 6.92 Å². The van der Waals surface area contributed by atoms with Crippen molar-refractivity contribution in [2.45, 2.75) is 26.3 Å². The first-order valence-electron chi connectivity index (χ1n) is 6.53. The zero-order chi connectivity index (χ0) is 14.0. The maximum atomic E-state index is 10.7. The molecule has 1 saturated heterocycles. The van der Waals surface area contributed by atoms with Gasteiger partial charge in [0, 0.05) is 18.7 Å². The lowest BCUT2D eigenvalue weighted by atomic mass is 9.94. The summed E-state index contributed by atoms with van der Waals surface area (Å²) in [5, 5.41) is 14.1. The van der Waals surface area contributed by atoms with Gasteiger partial charge >= 0.3 is 0 Å². The minimum Gasteiger partial charge on any atom is -0.367 e. The van der Waals surface area contributed by atoms with Gasteiger partial charge < -0.3 is 10.2 Å². The molecule has 2 unspecified atom stereocenters. The van der Waals surface area contributed by atoms with E-state index in [0.29, 0.717) is 12.0 Å². The molecule has 0 radical (unpaired) electrons. The molecule has 1 aromatic heterocycles. The number of aryl methyl sites for hydroxylation is 1. The molecule has 0 aromatic carbocycles. The first-order valence-corrected chi connectivity index (χ1v) is 6.53. The largest absolute Gasteiger partial charge is 0.367 e. The average molecular weight is 264 g/mol. The maximum Gasteiger partial charge on any atom is 0.287 e. The van der Waals surface area contributed by atoms with Crippen molar-refractivity contribution < 1.29 is 4.92 Å². The van der Waals surface area contributed by atoms with E-state index in [4.69, 9.17) is 0 Å². The molecule has 0 spiro atoms. The molecule has 1 aliphatic heterocycles. The molecule has 6 nitrogen and oxygen atoms in total. The summed E-state index contributed by atoms with van der Waals surface area (Å²) in [5.41, 5.74) is 0.861. The SMILES string of the molecule is Cc1cc([N+](=O)[O-])cnc1NC1CCN(C)CC1C. The standard InChI is InChI=1S/C13H20N4O2/c1-9-6-11(17(18)19)7-14-13(9)15-12-4-5-16(3)8-10(12)2/h6-7,10,12H,4-5,8H2,1-3H3,(H,14,15). The number of hydrogen-bond donors (Lipinski definition) is 1. The van der Waals surface area contributed by atoms with Crippen LogP contribution in [0.15, 0.2) is 12.3 Å². The number of piperidine rings is 1. The zero-order valence-corrected chi connectivity index (χ0v) is 11.6. The van der Waals surface area contributed by atoms with Crippen molar-refractivity contribution in [1.82, 2.24) is 9.88 Å². The van der Waals surface area contributed by atoms with E-state index < -0.39 is 4.92 Å². The van der Waals surface area contributed by atoms with Gasteiger partial charge in [-0.2, -0.15) is 0 Å². The van der Waals surface area contributed by atoms with Crippen molar-refractivity contribution in [2.75, 3.05) is 25.5 Å². The fourth-order valence-electron chi connectivity index (χ4n) is 2.56. The zero-order valence-electron chi connectivity index (χ0n) is 11.6. The Hall–Kier alpha value is -1.69. The highest BCUT2D eigenvalue weighted by molar-refractivity contribution is 5.49. The minimum absolute atomic E-state index is 0.0412. The number of nitro groups is 1. The summed E-state index contributed by atoms with van der Waals surface area (Å²) in [6.45, 7) is 6.19. The minimum atomic E-state index is -0.415. The van der Waals surface area contributed by atoms with Crippen LogP contribution in [-0.4, -0.2) is 41.0 Å². The van der Waals surface area contributed by atoms with Crippen molar-refractivity contribution in [3.63, 3.8) is 0 Å². The number of rotatable bonds is 3. The van der Waals surface area contributed by atoms with Gasteiger partial charge in [-0.05, 0) is 38.4 Å². The van der Waals surface area contributed by atoms with Crippen molar-refractivity contribution >= 4 is 11.5 Å². The number of anilines is 1. The van der Waals surface area contributed by atoms with Crippen molar-refractivity contribution in [3.8, 4) is 0 Å². The van der Waals surface area contributed by atoms with Gasteiger partial charge in [-0.25, -0.2) is 4.98 Å². The van der Waals surface area contributed by atoms with Crippen molar-refractivity contribution in [1.29, 1.82) is 0 Å². The molecule has 0 amide bonds. The molecule has 2 atom stereocenters. The molecule has 1 aromatic rings. The molecular formula is C13H20N4O2. The highest BCUT2D eigenvalue weighted by Gasteiger charge is 2.24. The van der Waals surface area contributed by atoms with Crippen LogP contribution < -0.4 is 5.32 Å². The van der Waals surface area contributed by atoms with E-state index >= 15 is 0 Å². The molecule has 0 aliphatic carbocycles. The number of nitrogens with zero attached hydrogens (tertiary/aromatic N) is 3. The second-order valence-electron chi connectivity index (χ2n) is 5.40. The average Bonchev–Trinajstić information content (AvgIpc) is 2.34. The molecule has 1 fully saturated rings. The third-order valence-electron chi connectivity index (χ3n) is 3.71. The van der Waals surface area contributed by atoms with Crippen LogP contribution >= 0.6 is 0 Å². The molecule has 19 heavy (non-hydrogen) atoms. The van der Waals surface area contributed by atoms with Crippen LogP contribution in [0.5, 0.6) is 0 Å². The molecule has 1 N–H and O–H groups in total. The number of nitrogens with one attached hydrogen (secondary N) is 1. The number of aromatic nitrogens is 1. The Balaban J connectivity index is 2.09. The molecule has 104 valence electrons. The number of hydrogen-bond acceptors (Lipinski definition) is 5. The third kappa shape index (κ3) is 3.20. The van der Waals surface area contributed by atoms with E-state index in [-0.39, 0.29) is 5.69 Å². The number of pyridine rings is 1. The predicted octanol–water partition coefficient (Wildman–Crippen LogP) is 2.05. The number of likely N-dealkylation sites (tertiary alicyclic amines) is 1. The lowest BCUT2D eigenvalue weighted by Gasteiger charge is -2.35. The molecular weight excluding hydrogens is 244 g/mol. The monoisotopic (exact) mass is 264 g/mol. The Kier molecular flexibility index (Phi) is 3.99. The maximum absolute atomic E-state index is 10.7. The van der Waals surface area contributed by atoms with Crippen LogP contribution in [0.3, 0.4) is 0 Å². The quantitative estimate of drug-likeness (QED) is 0.668. The lowest BCUT2D eigenvalue weighted by molar-refractivity contribution is -0.385. The molecule has 2 rings (SSSR count). The van der Waals surface area contributed by atoms with Gasteiger partial charge in [0.2, 0.25) is 0 Å². The topological polar surface area (TPSA) is 71.3 Å². The van der Waals surface area contributed by atoms with Gasteiger partial charge in [-0.1, -0.05) is 6.92 Å². The van der Waals surface area contributed by atoms with Gasteiger partial charge in [0.05, 0.1) is 4.92 Å². The first kappa shape index (κ1) is 13.7. The first-order chi connectivity index (χ1) is 8.97. The Labute approximate surface area is 113 Å². The lowest BCUT2D eigenvalue weighted by Crippen LogP contribution is -2.43. The second-order valence-corrected chi connectivity index (χ2v) is 5.40. The van der Waals surface area contributed by atoms with Gasteiger partial charge in [-0.15, -0.1) is 0 Å². The summed E-state index contributed by atoms with van der Waals surface area (Å²) in [4.78, 5) is 16.8. The fraction of sp³-hybridized carbons (Fsp3) is 0.615. The van der Waals surface area contributed by atoms with Crippen LogP contribution in [0.2, 0.25) is 0 Å². The van der Waals surface area contributed by atoms with Crippen LogP contribution in [0.4, 0.5) is 11.5 Å². The summed E-state index contributed by atoms with van der Waals surface area (Å²) < 4.78 is 0. The second kappa shape index (κ2) is 5.52. The highest BCUT2D eigenvalue weighted by atomic mass is 16.6. The van der Waals surface area contributed by atoms with E-state index in [1.165, 1.54) is 6.20 Å². The van der Waals surface area contributed by atoms with Crippen LogP contribution in [0, 0.1) is 23.0 Å². The van der Waals surface area contributed by atoms with Gasteiger partial charge in [0.15, 0.2) is 0 Å². The molecule has 1 aliphatic rings. The summed E-state index contributed by atoms with van der Waals surface area (Å²) in [7, 11) is 2.13. The van der Waals surface area contributed by atoms with Crippen LogP contribution in [0.1, 0.15) is 18.9 Å². The fourth-order valence-corrected chi connectivity index (χ4v) is 2.56. The molecule has 6 heteroatoms. The summed E-state index contributed by atoms with van der Waals surface area (Å²) >= 11 is 0. The Morgan fingerprint density at radius 2 is 2.32 bits per heavy atom. The molecule has 0 saturated carbocycles. The van der Waals surface area contributed by atoms with E-state index in [9.17, 15) is 10.1 Å². The smallest absolute Gasteiger partial charge is 0.287 e. The van der Waals surface area contributed by atoms with Gasteiger partial charge in [0.1, 0.15) is 12.0 Å². The van der Waals surface area contributed by atoms with E-state index in [1.54, 1.807) is 6.07 Å². The van der Waals surface area contributed by atoms with Crippen molar-refractivity contribution in [3.05, 3.63) is 27.9 Å². The Morgan fingerprint density at radius 1 is 1.58 bits per heavy atom. The molecule has 2 heterocycles. The van der Waals surface area contributed by atoms with Crippen LogP contribution in [-0.2, 0) is 0 Å². The summed E-state index contributed by atoms with van der Waals surface area (Å²) in [5.74, 6) is 1.29. The van der Waals surface area contributed by atoms with E-state index in [0.717, 1.165) is 30.9 Å². The predicted molar refractivity (Wildman–Crippen MR) is 74.3 cm³/mol. The van der Waals surface area contributed by atoms with Crippen LogP contribution in [0.25, 0.3) is 0 Å².